The summed E-state index contributed by atoms with van der Waals surface area (Å²) in [5.41, 5.74) is 0. The minimum absolute atomic E-state index is 0.00463. The van der Waals surface area contributed by atoms with Crippen molar-refractivity contribution in [1.29, 1.82) is 0 Å². The van der Waals surface area contributed by atoms with Gasteiger partial charge < -0.3 is 29.6 Å². The van der Waals surface area contributed by atoms with E-state index in [1.165, 1.54) is 63.2 Å². The molecule has 29 heavy (non-hydrogen) atoms. The Kier molecular flexibility index (Phi) is 37.0. The summed E-state index contributed by atoms with van der Waals surface area (Å²) < 4.78 is 16.3. The summed E-state index contributed by atoms with van der Waals surface area (Å²) in [6, 6.07) is 0. The quantitative estimate of drug-likeness (QED) is 0.351. The summed E-state index contributed by atoms with van der Waals surface area (Å²) in [5.74, 6) is -0.866. The lowest BCUT2D eigenvalue weighted by Crippen LogP contribution is -2.24. The highest BCUT2D eigenvalue weighted by Crippen LogP contribution is 1.72. The van der Waals surface area contributed by atoms with Gasteiger partial charge in [-0.3, -0.25) is 24.5 Å². The van der Waals surface area contributed by atoms with Gasteiger partial charge in [0.2, 0.25) is 17.7 Å². The second-order valence-corrected chi connectivity index (χ2v) is 4.14. The number of carbonyl (C=O) groups excluding carboxylic acids is 6. The monoisotopic (exact) mass is 427 g/mol. The molecule has 0 aromatic carbocycles. The van der Waals surface area contributed by atoms with Crippen LogP contribution >= 0.6 is 0 Å². The van der Waals surface area contributed by atoms with Crippen LogP contribution in [0.3, 0.4) is 0 Å². The molecule has 0 heterocycles. The highest BCUT2D eigenvalue weighted by molar-refractivity contribution is 5.92. The number of alkyl carbamates (subject to hydrolysis) is 1. The van der Waals surface area contributed by atoms with Crippen molar-refractivity contribution in [3.63, 3.8) is 0 Å². The highest BCUT2D eigenvalue weighted by Gasteiger charge is 1.90. The average Bonchev–Trinajstić information content (AvgIpc) is 2.67. The van der Waals surface area contributed by atoms with Gasteiger partial charge in [0.05, 0.1) is 28.4 Å². The van der Waals surface area contributed by atoms with Crippen LogP contribution in [0.25, 0.3) is 0 Å². The normalized spacial score (nSPS) is 7.10. The number of imide groups is 1. The smallest absolute Gasteiger partial charge is 0.469 e. The van der Waals surface area contributed by atoms with E-state index >= 15 is 0 Å². The largest absolute Gasteiger partial charge is 0.507 e. The molecule has 0 atom stereocenters. The van der Waals surface area contributed by atoms with Gasteiger partial charge in [0.25, 0.3) is 0 Å². The van der Waals surface area contributed by atoms with E-state index in [9.17, 15) is 28.8 Å². The maximum absolute atomic E-state index is 9.92. The number of hydrogen-bond donors (Lipinski definition) is 3. The lowest BCUT2D eigenvalue weighted by molar-refractivity contribution is -0.138. The first kappa shape index (κ1) is 36.5. The fourth-order valence-corrected chi connectivity index (χ4v) is 0.433. The van der Waals surface area contributed by atoms with Gasteiger partial charge in [0.1, 0.15) is 0 Å². The van der Waals surface area contributed by atoms with E-state index in [0.717, 1.165) is 0 Å². The highest BCUT2D eigenvalue weighted by atomic mass is 16.7. The molecule has 0 saturated carbocycles. The Labute approximate surface area is 170 Å². The van der Waals surface area contributed by atoms with Gasteiger partial charge in [-0.1, -0.05) is 0 Å². The van der Waals surface area contributed by atoms with Crippen molar-refractivity contribution in [2.24, 2.45) is 0 Å². The molecule has 172 valence electrons. The summed E-state index contributed by atoms with van der Waals surface area (Å²) in [5, 5.41) is 6.67. The molecule has 3 N–H and O–H groups in total. The lowest BCUT2D eigenvalue weighted by Gasteiger charge is -1.90. The van der Waals surface area contributed by atoms with Crippen LogP contribution in [-0.2, 0) is 38.1 Å². The number of carbonyl (C=O) groups is 6. The molecule has 0 fully saturated rings. The molecule has 0 saturated heterocycles. The van der Waals surface area contributed by atoms with Crippen molar-refractivity contribution in [2.45, 2.75) is 27.7 Å². The molecule has 0 aliphatic carbocycles. The molecule has 4 amide bonds. The van der Waals surface area contributed by atoms with E-state index in [4.69, 9.17) is 0 Å². The second kappa shape index (κ2) is 29.4. The third kappa shape index (κ3) is 79.1. The van der Waals surface area contributed by atoms with E-state index in [-0.39, 0.29) is 23.7 Å². The predicted octanol–water partition coefficient (Wildman–Crippen LogP) is -0.0280. The molecule has 0 bridgehead atoms. The number of ether oxygens (including phenoxy) is 4. The number of rotatable bonds is 0. The fourth-order valence-electron chi connectivity index (χ4n) is 0.433. The number of methoxy groups -OCH3 is 4. The zero-order valence-electron chi connectivity index (χ0n) is 18.6. The van der Waals surface area contributed by atoms with Crippen LogP contribution in [-0.4, -0.2) is 78.5 Å². The van der Waals surface area contributed by atoms with Crippen molar-refractivity contribution in [3.05, 3.63) is 0 Å². The molecular weight excluding hydrogens is 394 g/mol. The second-order valence-electron chi connectivity index (χ2n) is 4.14. The number of esters is 1. The molecule has 0 rings (SSSR count). The molecule has 0 unspecified atom stereocenters. The maximum atomic E-state index is 9.92. The third-order valence-electron chi connectivity index (χ3n) is 1.71. The molecule has 0 aliphatic heterocycles. The topological polar surface area (TPSA) is 175 Å². The Balaban J connectivity index is -0.0000000833. The molecule has 13 nitrogen and oxygen atoms in total. The van der Waals surface area contributed by atoms with Crippen molar-refractivity contribution in [3.8, 4) is 0 Å². The van der Waals surface area contributed by atoms with Crippen molar-refractivity contribution in [2.75, 3.05) is 42.5 Å². The summed E-state index contributed by atoms with van der Waals surface area (Å²) in [6.07, 6.45) is -1.06. The SMILES string of the molecule is CC(=O)NC(C)=O.CNC(=O)OC.CNC(C)=O.COC(=O)OC.COC(C)=O. The van der Waals surface area contributed by atoms with E-state index in [1.807, 2.05) is 5.32 Å². The van der Waals surface area contributed by atoms with Gasteiger partial charge in [0.15, 0.2) is 0 Å². The van der Waals surface area contributed by atoms with Crippen LogP contribution < -0.4 is 16.0 Å². The van der Waals surface area contributed by atoms with Crippen LogP contribution in [0.1, 0.15) is 27.7 Å². The van der Waals surface area contributed by atoms with Crippen LogP contribution in [0.15, 0.2) is 0 Å². The van der Waals surface area contributed by atoms with Crippen LogP contribution in [0.4, 0.5) is 9.59 Å². The van der Waals surface area contributed by atoms with Crippen molar-refractivity contribution in [1.82, 2.24) is 16.0 Å². The van der Waals surface area contributed by atoms with Gasteiger partial charge in [-0.2, -0.15) is 0 Å². The fraction of sp³-hybridized carbons (Fsp3) is 0.625. The minimum Gasteiger partial charge on any atom is -0.469 e. The molecule has 13 heteroatoms. The predicted molar refractivity (Wildman–Crippen MR) is 103 cm³/mol. The first-order chi connectivity index (χ1) is 13.3. The third-order valence-corrected chi connectivity index (χ3v) is 1.71. The number of hydrogen-bond acceptors (Lipinski definition) is 10. The number of amides is 4. The number of nitrogens with one attached hydrogen (secondary N) is 3. The van der Waals surface area contributed by atoms with Gasteiger partial charge in [-0.05, 0) is 0 Å². The Hall–Kier alpha value is -3.38. The minimum atomic E-state index is -0.657. The maximum Gasteiger partial charge on any atom is 0.507 e. The summed E-state index contributed by atoms with van der Waals surface area (Å²) in [6.45, 7) is 5.42. The summed E-state index contributed by atoms with van der Waals surface area (Å²) in [7, 11) is 8.28. The zero-order valence-corrected chi connectivity index (χ0v) is 18.6. The zero-order chi connectivity index (χ0) is 24.4. The van der Waals surface area contributed by atoms with Crippen molar-refractivity contribution < 1.29 is 47.7 Å². The van der Waals surface area contributed by atoms with E-state index in [1.54, 1.807) is 7.05 Å². The molecule has 0 aliphatic rings. The molecule has 0 aromatic heterocycles. The Morgan fingerprint density at radius 1 is 0.552 bits per heavy atom. The van der Waals surface area contributed by atoms with Crippen LogP contribution in [0.5, 0.6) is 0 Å². The van der Waals surface area contributed by atoms with Gasteiger partial charge in [-0.25, -0.2) is 9.59 Å². The molecular formula is C16H33N3O10. The van der Waals surface area contributed by atoms with Crippen molar-refractivity contribution >= 4 is 35.9 Å². The molecule has 0 radical (unpaired) electrons. The standard InChI is InChI=1S/C4H7NO2.C3H7NO2.C3H7NO.C3H6O3.C3H6O2/c1-3(6)5-4(2)7;1-4-3(5)6-2;1-3(5)4-2;1-5-3(4)6-2;1-3(4)5-2/h1-2H3,(H,5,6,7);1-2H3,(H,4,5);1-2H3,(H,4,5);1-2H3;1-2H3. The average molecular weight is 427 g/mol. The van der Waals surface area contributed by atoms with Gasteiger partial charge >= 0.3 is 18.2 Å². The lowest BCUT2D eigenvalue weighted by atomic mass is 10.6. The first-order valence-electron chi connectivity index (χ1n) is 7.67. The van der Waals surface area contributed by atoms with Gasteiger partial charge in [-0.15, -0.1) is 0 Å². The van der Waals surface area contributed by atoms with E-state index in [0.29, 0.717) is 0 Å². The Bertz CT molecular complexity index is 428. The van der Waals surface area contributed by atoms with Crippen LogP contribution in [0.2, 0.25) is 0 Å². The van der Waals surface area contributed by atoms with E-state index in [2.05, 4.69) is 29.6 Å². The van der Waals surface area contributed by atoms with E-state index < -0.39 is 12.2 Å². The summed E-state index contributed by atoms with van der Waals surface area (Å²) >= 11 is 0. The summed E-state index contributed by atoms with van der Waals surface area (Å²) in [4.78, 5) is 58.7. The van der Waals surface area contributed by atoms with Gasteiger partial charge in [0, 0.05) is 41.8 Å². The molecule has 0 spiro atoms. The van der Waals surface area contributed by atoms with Crippen LogP contribution in [0, 0.1) is 0 Å². The Morgan fingerprint density at radius 3 is 0.862 bits per heavy atom. The Morgan fingerprint density at radius 2 is 0.862 bits per heavy atom. The molecule has 0 aromatic rings. The first-order valence-corrected chi connectivity index (χ1v) is 7.67.